The van der Waals surface area contributed by atoms with Crippen LogP contribution in [0.25, 0.3) is 0 Å². The van der Waals surface area contributed by atoms with Gasteiger partial charge in [0.15, 0.2) is 0 Å². The summed E-state index contributed by atoms with van der Waals surface area (Å²) in [5, 5.41) is 0.0563. The van der Waals surface area contributed by atoms with Gasteiger partial charge in [-0.05, 0) is 37.2 Å². The standard InChI is InChI=1S/C16H24ClNO2S/c1-21(19,20)18-12-6-8-14(13-18)7-5-11-16(17)15-9-3-2-4-10-15/h2-4,9-10,14,16H,5-8,11-13H2,1H3. The van der Waals surface area contributed by atoms with E-state index < -0.39 is 10.0 Å². The first-order valence-electron chi connectivity index (χ1n) is 7.61. The molecule has 1 aliphatic rings. The number of hydrogen-bond acceptors (Lipinski definition) is 2. The second kappa shape index (κ2) is 7.61. The lowest BCUT2D eigenvalue weighted by molar-refractivity contribution is 0.252. The van der Waals surface area contributed by atoms with E-state index in [0.717, 1.165) is 32.1 Å². The molecule has 0 aromatic heterocycles. The van der Waals surface area contributed by atoms with Gasteiger partial charge in [-0.1, -0.05) is 36.8 Å². The molecule has 2 atom stereocenters. The van der Waals surface area contributed by atoms with Crippen LogP contribution in [0.15, 0.2) is 30.3 Å². The molecule has 0 saturated carbocycles. The Balaban J connectivity index is 1.76. The van der Waals surface area contributed by atoms with Gasteiger partial charge in [-0.2, -0.15) is 0 Å². The largest absolute Gasteiger partial charge is 0.213 e. The molecule has 0 bridgehead atoms. The summed E-state index contributed by atoms with van der Waals surface area (Å²) in [4.78, 5) is 0. The topological polar surface area (TPSA) is 37.4 Å². The molecule has 1 fully saturated rings. The maximum atomic E-state index is 11.6. The first-order chi connectivity index (χ1) is 9.97. The summed E-state index contributed by atoms with van der Waals surface area (Å²) in [5.41, 5.74) is 1.17. The fourth-order valence-corrected chi connectivity index (χ4v) is 4.22. The number of rotatable bonds is 6. The van der Waals surface area contributed by atoms with Gasteiger partial charge >= 0.3 is 0 Å². The van der Waals surface area contributed by atoms with Crippen LogP contribution in [0.5, 0.6) is 0 Å². The van der Waals surface area contributed by atoms with Gasteiger partial charge < -0.3 is 0 Å². The molecule has 1 saturated heterocycles. The van der Waals surface area contributed by atoms with Crippen molar-refractivity contribution in [3.8, 4) is 0 Å². The molecule has 5 heteroatoms. The maximum absolute atomic E-state index is 11.6. The number of benzene rings is 1. The SMILES string of the molecule is CS(=O)(=O)N1CCCC(CCCC(Cl)c2ccccc2)C1. The molecule has 1 aliphatic heterocycles. The third-order valence-corrected chi connectivity index (χ3v) is 5.92. The normalized spacial score (nSPS) is 22.1. The number of halogens is 1. The summed E-state index contributed by atoms with van der Waals surface area (Å²) in [6, 6.07) is 10.1. The van der Waals surface area contributed by atoms with Crippen LogP contribution in [0.4, 0.5) is 0 Å². The number of hydrogen-bond donors (Lipinski definition) is 0. The Bertz CT molecular complexity index is 532. The van der Waals surface area contributed by atoms with E-state index in [2.05, 4.69) is 12.1 Å². The Hall–Kier alpha value is -0.580. The summed E-state index contributed by atoms with van der Waals surface area (Å²) in [5.74, 6) is 0.480. The third-order valence-electron chi connectivity index (χ3n) is 4.18. The summed E-state index contributed by atoms with van der Waals surface area (Å²) >= 11 is 6.42. The quantitative estimate of drug-likeness (QED) is 0.744. The summed E-state index contributed by atoms with van der Waals surface area (Å²) < 4.78 is 24.8. The zero-order valence-corrected chi connectivity index (χ0v) is 14.1. The van der Waals surface area contributed by atoms with Gasteiger partial charge in [0.2, 0.25) is 10.0 Å². The van der Waals surface area contributed by atoms with Crippen molar-refractivity contribution in [2.45, 2.75) is 37.5 Å². The minimum Gasteiger partial charge on any atom is -0.213 e. The van der Waals surface area contributed by atoms with Gasteiger partial charge in [0.1, 0.15) is 0 Å². The van der Waals surface area contributed by atoms with E-state index >= 15 is 0 Å². The first-order valence-corrected chi connectivity index (χ1v) is 9.89. The molecule has 1 heterocycles. The van der Waals surface area contributed by atoms with Gasteiger partial charge in [-0.25, -0.2) is 12.7 Å². The molecule has 118 valence electrons. The van der Waals surface area contributed by atoms with E-state index in [1.807, 2.05) is 18.2 Å². The van der Waals surface area contributed by atoms with Crippen LogP contribution in [0.1, 0.15) is 43.0 Å². The fourth-order valence-electron chi connectivity index (χ4n) is 2.98. The fraction of sp³-hybridized carbons (Fsp3) is 0.625. The molecule has 21 heavy (non-hydrogen) atoms. The average Bonchev–Trinajstić information content (AvgIpc) is 2.47. The molecule has 2 unspecified atom stereocenters. The number of nitrogens with zero attached hydrogens (tertiary/aromatic N) is 1. The second-order valence-electron chi connectivity index (χ2n) is 5.94. The molecule has 2 rings (SSSR count). The van der Waals surface area contributed by atoms with Crippen LogP contribution in [-0.4, -0.2) is 32.1 Å². The molecular formula is C16H24ClNO2S. The maximum Gasteiger partial charge on any atom is 0.211 e. The zero-order valence-electron chi connectivity index (χ0n) is 12.5. The van der Waals surface area contributed by atoms with E-state index in [9.17, 15) is 8.42 Å². The van der Waals surface area contributed by atoms with E-state index in [1.165, 1.54) is 11.8 Å². The van der Waals surface area contributed by atoms with Gasteiger partial charge in [0.05, 0.1) is 11.6 Å². The highest BCUT2D eigenvalue weighted by molar-refractivity contribution is 7.88. The molecular weight excluding hydrogens is 306 g/mol. The van der Waals surface area contributed by atoms with Gasteiger partial charge in [0, 0.05) is 13.1 Å². The highest BCUT2D eigenvalue weighted by Gasteiger charge is 2.25. The van der Waals surface area contributed by atoms with Gasteiger partial charge in [-0.3, -0.25) is 0 Å². The van der Waals surface area contributed by atoms with Gasteiger partial charge in [0.25, 0.3) is 0 Å². The zero-order chi connectivity index (χ0) is 15.3. The van der Waals surface area contributed by atoms with Crippen LogP contribution >= 0.6 is 11.6 Å². The Morgan fingerprint density at radius 2 is 2.05 bits per heavy atom. The Kier molecular flexibility index (Phi) is 6.08. The van der Waals surface area contributed by atoms with Crippen molar-refractivity contribution in [3.63, 3.8) is 0 Å². The smallest absolute Gasteiger partial charge is 0.211 e. The summed E-state index contributed by atoms with van der Waals surface area (Å²) in [6.45, 7) is 1.36. The summed E-state index contributed by atoms with van der Waals surface area (Å²) in [6.07, 6.45) is 6.46. The number of sulfonamides is 1. The van der Waals surface area contributed by atoms with Crippen LogP contribution in [0, 0.1) is 5.92 Å². The molecule has 0 amide bonds. The van der Waals surface area contributed by atoms with Crippen molar-refractivity contribution in [3.05, 3.63) is 35.9 Å². The molecule has 1 aromatic carbocycles. The van der Waals surface area contributed by atoms with Crippen molar-refractivity contribution in [1.29, 1.82) is 0 Å². The van der Waals surface area contributed by atoms with E-state index in [4.69, 9.17) is 11.6 Å². The molecule has 0 radical (unpaired) electrons. The lowest BCUT2D eigenvalue weighted by atomic mass is 9.93. The third kappa shape index (κ3) is 5.28. The minimum atomic E-state index is -3.04. The minimum absolute atomic E-state index is 0.0563. The number of alkyl halides is 1. The highest BCUT2D eigenvalue weighted by Crippen LogP contribution is 2.29. The summed E-state index contributed by atoms with van der Waals surface area (Å²) in [7, 11) is -3.04. The molecule has 1 aromatic rings. The molecule has 0 spiro atoms. The van der Waals surface area contributed by atoms with Crippen LogP contribution < -0.4 is 0 Å². The van der Waals surface area contributed by atoms with Crippen LogP contribution in [0.2, 0.25) is 0 Å². The molecule has 0 N–H and O–H groups in total. The van der Waals surface area contributed by atoms with Crippen molar-refractivity contribution in [2.24, 2.45) is 5.92 Å². The van der Waals surface area contributed by atoms with Crippen molar-refractivity contribution in [2.75, 3.05) is 19.3 Å². The Labute approximate surface area is 133 Å². The van der Waals surface area contributed by atoms with Crippen LogP contribution in [-0.2, 0) is 10.0 Å². The number of piperidine rings is 1. The average molecular weight is 330 g/mol. The van der Waals surface area contributed by atoms with E-state index in [0.29, 0.717) is 19.0 Å². The van der Waals surface area contributed by atoms with Crippen molar-refractivity contribution in [1.82, 2.24) is 4.31 Å². The van der Waals surface area contributed by atoms with E-state index in [-0.39, 0.29) is 5.38 Å². The predicted octanol–water partition coefficient (Wildman–Crippen LogP) is 3.81. The molecule has 0 aliphatic carbocycles. The Morgan fingerprint density at radius 1 is 1.33 bits per heavy atom. The lowest BCUT2D eigenvalue weighted by Crippen LogP contribution is -2.39. The van der Waals surface area contributed by atoms with Gasteiger partial charge in [-0.15, -0.1) is 11.6 Å². The Morgan fingerprint density at radius 3 is 2.71 bits per heavy atom. The first kappa shape index (κ1) is 16.8. The van der Waals surface area contributed by atoms with Crippen molar-refractivity contribution < 1.29 is 8.42 Å². The monoisotopic (exact) mass is 329 g/mol. The second-order valence-corrected chi connectivity index (χ2v) is 8.45. The lowest BCUT2D eigenvalue weighted by Gasteiger charge is -2.31. The predicted molar refractivity (Wildman–Crippen MR) is 88.0 cm³/mol. The highest BCUT2D eigenvalue weighted by atomic mass is 35.5. The van der Waals surface area contributed by atoms with Crippen molar-refractivity contribution >= 4 is 21.6 Å². The van der Waals surface area contributed by atoms with E-state index in [1.54, 1.807) is 4.31 Å². The molecule has 3 nitrogen and oxygen atoms in total. The van der Waals surface area contributed by atoms with Crippen LogP contribution in [0.3, 0.4) is 0 Å².